The van der Waals surface area contributed by atoms with Gasteiger partial charge in [0, 0.05) is 12.1 Å². The summed E-state index contributed by atoms with van der Waals surface area (Å²) < 4.78 is 38.5. The summed E-state index contributed by atoms with van der Waals surface area (Å²) in [5, 5.41) is 2.59. The summed E-state index contributed by atoms with van der Waals surface area (Å²) in [6.07, 6.45) is -4.46. The van der Waals surface area contributed by atoms with E-state index in [1.54, 1.807) is 48.5 Å². The van der Waals surface area contributed by atoms with Gasteiger partial charge in [0.1, 0.15) is 0 Å². The number of alkyl halides is 3. The molecule has 0 spiro atoms. The number of benzene rings is 3. The zero-order valence-corrected chi connectivity index (χ0v) is 16.6. The molecular formula is C24H17F3N2O3. The molecule has 0 fully saturated rings. The Kier molecular flexibility index (Phi) is 5.52. The first-order chi connectivity index (χ1) is 15.2. The van der Waals surface area contributed by atoms with Crippen LogP contribution in [0.4, 0.5) is 13.2 Å². The van der Waals surface area contributed by atoms with Crippen molar-refractivity contribution >= 4 is 17.7 Å². The second kappa shape index (κ2) is 8.30. The third-order valence-corrected chi connectivity index (χ3v) is 5.12. The first-order valence-corrected chi connectivity index (χ1v) is 9.72. The van der Waals surface area contributed by atoms with Gasteiger partial charge in [0.2, 0.25) is 0 Å². The second-order valence-electron chi connectivity index (χ2n) is 7.32. The first kappa shape index (κ1) is 21.3. The lowest BCUT2D eigenvalue weighted by atomic mass is 10.1. The highest BCUT2D eigenvalue weighted by molar-refractivity contribution is 6.21. The van der Waals surface area contributed by atoms with Crippen LogP contribution >= 0.6 is 0 Å². The van der Waals surface area contributed by atoms with Crippen molar-refractivity contribution in [3.63, 3.8) is 0 Å². The van der Waals surface area contributed by atoms with Gasteiger partial charge in [-0.2, -0.15) is 13.2 Å². The van der Waals surface area contributed by atoms with Crippen LogP contribution in [0.15, 0.2) is 72.8 Å². The number of carbonyl (C=O) groups is 3. The number of hydrogen-bond acceptors (Lipinski definition) is 3. The molecule has 3 aromatic rings. The molecule has 0 bridgehead atoms. The van der Waals surface area contributed by atoms with Crippen molar-refractivity contribution in [3.05, 3.63) is 106 Å². The molecule has 8 heteroatoms. The van der Waals surface area contributed by atoms with Crippen LogP contribution < -0.4 is 5.32 Å². The molecule has 4 rings (SSSR count). The molecule has 1 N–H and O–H groups in total. The zero-order chi connectivity index (χ0) is 22.9. The Morgan fingerprint density at radius 3 is 2.09 bits per heavy atom. The van der Waals surface area contributed by atoms with Gasteiger partial charge in [-0.05, 0) is 47.5 Å². The van der Waals surface area contributed by atoms with Crippen molar-refractivity contribution in [2.45, 2.75) is 19.3 Å². The van der Waals surface area contributed by atoms with E-state index in [1.165, 1.54) is 12.1 Å². The Bertz CT molecular complexity index is 1190. The lowest BCUT2D eigenvalue weighted by Crippen LogP contribution is -2.29. The van der Waals surface area contributed by atoms with Crippen LogP contribution in [0.3, 0.4) is 0 Å². The highest BCUT2D eigenvalue weighted by Crippen LogP contribution is 2.29. The quantitative estimate of drug-likeness (QED) is 0.600. The van der Waals surface area contributed by atoms with E-state index in [2.05, 4.69) is 5.32 Å². The number of rotatable bonds is 5. The fourth-order valence-electron chi connectivity index (χ4n) is 3.52. The van der Waals surface area contributed by atoms with Crippen molar-refractivity contribution in [3.8, 4) is 0 Å². The summed E-state index contributed by atoms with van der Waals surface area (Å²) in [7, 11) is 0. The topological polar surface area (TPSA) is 66.5 Å². The van der Waals surface area contributed by atoms with E-state index in [-0.39, 0.29) is 18.7 Å². The Morgan fingerprint density at radius 2 is 1.44 bits per heavy atom. The number of hydrogen-bond donors (Lipinski definition) is 1. The number of fused-ring (bicyclic) bond motifs is 1. The van der Waals surface area contributed by atoms with Crippen LogP contribution in [-0.4, -0.2) is 22.6 Å². The van der Waals surface area contributed by atoms with Crippen LogP contribution in [0.25, 0.3) is 0 Å². The lowest BCUT2D eigenvalue weighted by Gasteiger charge is -2.14. The number of halogens is 3. The summed E-state index contributed by atoms with van der Waals surface area (Å²) >= 11 is 0. The number of nitrogens with one attached hydrogen (secondary N) is 1. The summed E-state index contributed by atoms with van der Waals surface area (Å²) in [4.78, 5) is 38.7. The molecule has 0 atom stereocenters. The van der Waals surface area contributed by atoms with E-state index >= 15 is 0 Å². The predicted octanol–water partition coefficient (Wildman–Crippen LogP) is 4.43. The second-order valence-corrected chi connectivity index (χ2v) is 7.32. The molecule has 1 aliphatic rings. The summed E-state index contributed by atoms with van der Waals surface area (Å²) in [6.45, 7) is -0.0769. The van der Waals surface area contributed by atoms with E-state index in [4.69, 9.17) is 0 Å². The molecule has 162 valence electrons. The SMILES string of the molecule is O=C(NCc1cccc(C(F)(F)F)c1)c1cccc(CN2C(=O)c3ccccc3C2=O)c1. The summed E-state index contributed by atoms with van der Waals surface area (Å²) in [5.41, 5.74) is 1.06. The summed E-state index contributed by atoms with van der Waals surface area (Å²) in [6, 6.07) is 17.7. The minimum atomic E-state index is -4.46. The number of carbonyl (C=O) groups excluding carboxylic acids is 3. The van der Waals surface area contributed by atoms with Crippen molar-refractivity contribution in [1.82, 2.24) is 10.2 Å². The van der Waals surface area contributed by atoms with Gasteiger partial charge in [-0.3, -0.25) is 19.3 Å². The predicted molar refractivity (Wildman–Crippen MR) is 110 cm³/mol. The third-order valence-electron chi connectivity index (χ3n) is 5.12. The maximum Gasteiger partial charge on any atom is 0.416 e. The van der Waals surface area contributed by atoms with E-state index in [9.17, 15) is 27.6 Å². The van der Waals surface area contributed by atoms with Crippen LogP contribution in [0.1, 0.15) is 47.8 Å². The largest absolute Gasteiger partial charge is 0.416 e. The minimum absolute atomic E-state index is 0.00109. The zero-order valence-electron chi connectivity index (χ0n) is 16.6. The summed E-state index contributed by atoms with van der Waals surface area (Å²) in [5.74, 6) is -1.28. The molecule has 1 heterocycles. The average Bonchev–Trinajstić information content (AvgIpc) is 3.02. The average molecular weight is 438 g/mol. The third kappa shape index (κ3) is 4.25. The molecule has 0 saturated carbocycles. The van der Waals surface area contributed by atoms with Crippen molar-refractivity contribution < 1.29 is 27.6 Å². The van der Waals surface area contributed by atoms with Crippen LogP contribution in [0.5, 0.6) is 0 Å². The van der Waals surface area contributed by atoms with E-state index in [0.29, 0.717) is 22.3 Å². The maximum atomic E-state index is 12.8. The standard InChI is InChI=1S/C24H17F3N2O3/c25-24(26,27)18-8-4-5-15(12-18)13-28-21(30)17-7-3-6-16(11-17)14-29-22(31)19-9-1-2-10-20(19)23(29)32/h1-12H,13-14H2,(H,28,30). The normalized spacial score (nSPS) is 13.3. The maximum absolute atomic E-state index is 12.8. The van der Waals surface area contributed by atoms with Gasteiger partial charge in [0.15, 0.2) is 0 Å². The van der Waals surface area contributed by atoms with Gasteiger partial charge in [0.05, 0.1) is 23.2 Å². The number of nitrogens with zero attached hydrogens (tertiary/aromatic N) is 1. The first-order valence-electron chi connectivity index (χ1n) is 9.72. The monoisotopic (exact) mass is 438 g/mol. The molecule has 32 heavy (non-hydrogen) atoms. The molecule has 0 aromatic heterocycles. The number of amides is 3. The Balaban J connectivity index is 1.44. The van der Waals surface area contributed by atoms with Gasteiger partial charge in [0.25, 0.3) is 17.7 Å². The fourth-order valence-corrected chi connectivity index (χ4v) is 3.52. The van der Waals surface area contributed by atoms with Crippen molar-refractivity contribution in [2.75, 3.05) is 0 Å². The Labute approximate surface area is 181 Å². The Morgan fingerprint density at radius 1 is 0.812 bits per heavy atom. The molecule has 0 unspecified atom stereocenters. The molecule has 1 aliphatic heterocycles. The van der Waals surface area contributed by atoms with Gasteiger partial charge >= 0.3 is 6.18 Å². The van der Waals surface area contributed by atoms with E-state index in [1.807, 2.05) is 0 Å². The highest BCUT2D eigenvalue weighted by atomic mass is 19.4. The molecule has 0 aliphatic carbocycles. The molecule has 3 amide bonds. The van der Waals surface area contributed by atoms with Gasteiger partial charge < -0.3 is 5.32 Å². The van der Waals surface area contributed by atoms with Gasteiger partial charge in [-0.25, -0.2) is 0 Å². The fraction of sp³-hybridized carbons (Fsp3) is 0.125. The molecule has 0 saturated heterocycles. The smallest absolute Gasteiger partial charge is 0.348 e. The highest BCUT2D eigenvalue weighted by Gasteiger charge is 2.35. The van der Waals surface area contributed by atoms with Crippen molar-refractivity contribution in [1.29, 1.82) is 0 Å². The van der Waals surface area contributed by atoms with Gasteiger partial charge in [-0.1, -0.05) is 36.4 Å². The Hall–Kier alpha value is -3.94. The van der Waals surface area contributed by atoms with E-state index < -0.39 is 29.5 Å². The van der Waals surface area contributed by atoms with Crippen LogP contribution in [0, 0.1) is 0 Å². The minimum Gasteiger partial charge on any atom is -0.348 e. The van der Waals surface area contributed by atoms with Crippen molar-refractivity contribution in [2.24, 2.45) is 0 Å². The molecule has 3 aromatic carbocycles. The lowest BCUT2D eigenvalue weighted by molar-refractivity contribution is -0.137. The van der Waals surface area contributed by atoms with Gasteiger partial charge in [-0.15, -0.1) is 0 Å². The van der Waals surface area contributed by atoms with Crippen LogP contribution in [0.2, 0.25) is 0 Å². The van der Waals surface area contributed by atoms with E-state index in [0.717, 1.165) is 17.0 Å². The molecule has 0 radical (unpaired) electrons. The van der Waals surface area contributed by atoms with Crippen LogP contribution in [-0.2, 0) is 19.3 Å². The molecule has 5 nitrogen and oxygen atoms in total. The number of imide groups is 1. The molecular weight excluding hydrogens is 421 g/mol.